The number of piperidine rings is 1. The van der Waals surface area contributed by atoms with Crippen molar-refractivity contribution in [3.05, 3.63) is 48.0 Å². The number of rotatable bonds is 5. The third-order valence-corrected chi connectivity index (χ3v) is 8.78. The Balaban J connectivity index is 1.47. The molecule has 1 aliphatic heterocycles. The number of hydrogen-bond acceptors (Lipinski definition) is 6. The van der Waals surface area contributed by atoms with Crippen molar-refractivity contribution in [1.82, 2.24) is 9.29 Å². The highest BCUT2D eigenvalue weighted by atomic mass is 32.2. The second-order valence-electron chi connectivity index (χ2n) is 7.36. The molecule has 1 amide bonds. The van der Waals surface area contributed by atoms with Crippen LogP contribution in [0.15, 0.2) is 52.3 Å². The molecule has 6 nitrogen and oxygen atoms in total. The molecule has 2 heterocycles. The van der Waals surface area contributed by atoms with Gasteiger partial charge in [-0.3, -0.25) is 4.79 Å². The molecule has 0 spiro atoms. The minimum absolute atomic E-state index is 0.178. The zero-order valence-electron chi connectivity index (χ0n) is 16.8. The number of benzene rings is 2. The van der Waals surface area contributed by atoms with E-state index in [0.29, 0.717) is 24.5 Å². The van der Waals surface area contributed by atoms with Crippen molar-refractivity contribution in [2.24, 2.45) is 5.92 Å². The number of thiazole rings is 1. The Hall–Kier alpha value is -1.94. The maximum absolute atomic E-state index is 13.0. The fraction of sp³-hybridized carbons (Fsp3) is 0.333. The molecule has 4 rings (SSSR count). The first kappa shape index (κ1) is 21.3. The molecule has 1 fully saturated rings. The molecule has 1 saturated heterocycles. The Morgan fingerprint density at radius 3 is 2.73 bits per heavy atom. The lowest BCUT2D eigenvalue weighted by molar-refractivity contribution is -0.120. The van der Waals surface area contributed by atoms with E-state index in [0.717, 1.165) is 20.7 Å². The number of anilines is 1. The predicted molar refractivity (Wildman–Crippen MR) is 123 cm³/mol. The maximum Gasteiger partial charge on any atom is 0.243 e. The highest BCUT2D eigenvalue weighted by Crippen LogP contribution is 2.30. The van der Waals surface area contributed by atoms with Gasteiger partial charge in [-0.25, -0.2) is 13.4 Å². The number of carbonyl (C=O) groups is 1. The molecule has 3 aromatic rings. The Kier molecular flexibility index (Phi) is 6.15. The Morgan fingerprint density at radius 1 is 1.23 bits per heavy atom. The van der Waals surface area contributed by atoms with Crippen molar-refractivity contribution in [2.45, 2.75) is 29.6 Å². The minimum Gasteiger partial charge on any atom is -0.302 e. The first-order valence-electron chi connectivity index (χ1n) is 9.69. The second-order valence-corrected chi connectivity index (χ2v) is 11.2. The van der Waals surface area contributed by atoms with Crippen molar-refractivity contribution >= 4 is 54.4 Å². The van der Waals surface area contributed by atoms with E-state index in [1.165, 1.54) is 15.6 Å². The smallest absolute Gasteiger partial charge is 0.243 e. The van der Waals surface area contributed by atoms with E-state index in [4.69, 9.17) is 0 Å². The molecule has 2 aromatic carbocycles. The van der Waals surface area contributed by atoms with Gasteiger partial charge < -0.3 is 5.32 Å². The molecule has 0 aliphatic carbocycles. The van der Waals surface area contributed by atoms with Gasteiger partial charge in [0.05, 0.1) is 21.0 Å². The summed E-state index contributed by atoms with van der Waals surface area (Å²) in [5.74, 6) is -0.573. The first-order valence-corrected chi connectivity index (χ1v) is 13.2. The van der Waals surface area contributed by atoms with Crippen LogP contribution in [0.25, 0.3) is 10.2 Å². The minimum atomic E-state index is -3.61. The van der Waals surface area contributed by atoms with Crippen molar-refractivity contribution in [1.29, 1.82) is 0 Å². The number of amides is 1. The molecule has 1 N–H and O–H groups in total. The number of sulfonamides is 1. The van der Waals surface area contributed by atoms with Crippen molar-refractivity contribution in [3.8, 4) is 0 Å². The summed E-state index contributed by atoms with van der Waals surface area (Å²) in [6.45, 7) is 2.53. The van der Waals surface area contributed by atoms with Gasteiger partial charge in [-0.05, 0) is 56.4 Å². The van der Waals surface area contributed by atoms with Crippen LogP contribution < -0.4 is 5.32 Å². The topological polar surface area (TPSA) is 79.4 Å². The van der Waals surface area contributed by atoms with Crippen molar-refractivity contribution in [3.63, 3.8) is 0 Å². The lowest BCUT2D eigenvalue weighted by atomic mass is 9.99. The fourth-order valence-electron chi connectivity index (χ4n) is 3.53. The quantitative estimate of drug-likeness (QED) is 0.571. The maximum atomic E-state index is 13.0. The number of carbonyl (C=O) groups excluding carboxylic acids is 1. The van der Waals surface area contributed by atoms with Crippen molar-refractivity contribution in [2.75, 3.05) is 24.7 Å². The van der Waals surface area contributed by atoms with Gasteiger partial charge in [-0.15, -0.1) is 11.8 Å². The summed E-state index contributed by atoms with van der Waals surface area (Å²) in [6.07, 6.45) is 3.33. The van der Waals surface area contributed by atoms with E-state index in [1.807, 2.05) is 25.3 Å². The fourth-order valence-corrected chi connectivity index (χ4v) is 6.47. The molecule has 158 valence electrons. The standard InChI is InChI=1S/C21H23N3O3S3/c1-14-5-8-17(9-6-14)30(26,27)24-11-3-4-15(13-24)20(25)23-21-22-18-10-7-16(28-2)12-19(18)29-21/h5-10,12,15H,3-4,11,13H2,1-2H3,(H,22,23,25). The molecule has 1 aromatic heterocycles. The molecule has 1 aliphatic rings. The third-order valence-electron chi connectivity index (χ3n) is 5.24. The number of fused-ring (bicyclic) bond motifs is 1. The van der Waals surface area contributed by atoms with Crippen LogP contribution in [-0.2, 0) is 14.8 Å². The van der Waals surface area contributed by atoms with Gasteiger partial charge in [0.2, 0.25) is 15.9 Å². The zero-order valence-corrected chi connectivity index (χ0v) is 19.2. The molecule has 0 bridgehead atoms. The van der Waals surface area contributed by atoms with Crippen LogP contribution in [0.3, 0.4) is 0 Å². The van der Waals surface area contributed by atoms with E-state index in [9.17, 15) is 13.2 Å². The van der Waals surface area contributed by atoms with Gasteiger partial charge in [0.25, 0.3) is 0 Å². The number of nitrogens with one attached hydrogen (secondary N) is 1. The summed E-state index contributed by atoms with van der Waals surface area (Å²) < 4.78 is 28.4. The number of hydrogen-bond donors (Lipinski definition) is 1. The van der Waals surface area contributed by atoms with Crippen LogP contribution in [0, 0.1) is 12.8 Å². The van der Waals surface area contributed by atoms with Gasteiger partial charge in [0.15, 0.2) is 5.13 Å². The Morgan fingerprint density at radius 2 is 2.00 bits per heavy atom. The van der Waals surface area contributed by atoms with Crippen LogP contribution in [0.1, 0.15) is 18.4 Å². The average molecular weight is 462 g/mol. The Labute approximate surface area is 184 Å². The van der Waals surface area contributed by atoms with Crippen LogP contribution >= 0.6 is 23.1 Å². The Bertz CT molecular complexity index is 1170. The molecule has 1 atom stereocenters. The summed E-state index contributed by atoms with van der Waals surface area (Å²) in [5.41, 5.74) is 1.85. The molecule has 0 saturated carbocycles. The van der Waals surface area contributed by atoms with Crippen LogP contribution in [-0.4, -0.2) is 43.0 Å². The molecule has 30 heavy (non-hydrogen) atoms. The molecule has 9 heteroatoms. The van der Waals surface area contributed by atoms with Gasteiger partial charge in [-0.2, -0.15) is 4.31 Å². The lowest BCUT2D eigenvalue weighted by Gasteiger charge is -2.31. The van der Waals surface area contributed by atoms with E-state index in [-0.39, 0.29) is 17.3 Å². The van der Waals surface area contributed by atoms with Crippen molar-refractivity contribution < 1.29 is 13.2 Å². The molecule has 1 unspecified atom stereocenters. The number of thioether (sulfide) groups is 1. The zero-order chi connectivity index (χ0) is 21.3. The van der Waals surface area contributed by atoms with Crippen LogP contribution in [0.4, 0.5) is 5.13 Å². The normalized spacial score (nSPS) is 17.9. The van der Waals surface area contributed by atoms with E-state index >= 15 is 0 Å². The largest absolute Gasteiger partial charge is 0.302 e. The summed E-state index contributed by atoms with van der Waals surface area (Å²) in [7, 11) is -3.61. The lowest BCUT2D eigenvalue weighted by Crippen LogP contribution is -2.43. The van der Waals surface area contributed by atoms with E-state index in [1.54, 1.807) is 36.0 Å². The van der Waals surface area contributed by atoms with Gasteiger partial charge in [0.1, 0.15) is 0 Å². The highest BCUT2D eigenvalue weighted by Gasteiger charge is 2.33. The number of aromatic nitrogens is 1. The van der Waals surface area contributed by atoms with Gasteiger partial charge >= 0.3 is 0 Å². The molecular formula is C21H23N3O3S3. The van der Waals surface area contributed by atoms with Crippen LogP contribution in [0.2, 0.25) is 0 Å². The number of aryl methyl sites for hydroxylation is 1. The van der Waals surface area contributed by atoms with E-state index in [2.05, 4.69) is 16.4 Å². The van der Waals surface area contributed by atoms with E-state index < -0.39 is 15.9 Å². The van der Waals surface area contributed by atoms with Gasteiger partial charge in [0, 0.05) is 18.0 Å². The summed E-state index contributed by atoms with van der Waals surface area (Å²) in [5, 5.41) is 3.45. The predicted octanol–water partition coefficient (Wildman–Crippen LogP) is 4.37. The summed E-state index contributed by atoms with van der Waals surface area (Å²) >= 11 is 3.10. The highest BCUT2D eigenvalue weighted by molar-refractivity contribution is 7.98. The first-order chi connectivity index (χ1) is 14.4. The SMILES string of the molecule is CSc1ccc2nc(NC(=O)C3CCCN(S(=O)(=O)c4ccc(C)cc4)C3)sc2c1. The number of nitrogens with zero attached hydrogens (tertiary/aromatic N) is 2. The summed E-state index contributed by atoms with van der Waals surface area (Å²) in [4.78, 5) is 18.8. The van der Waals surface area contributed by atoms with Gasteiger partial charge in [-0.1, -0.05) is 29.0 Å². The second kappa shape index (κ2) is 8.66. The van der Waals surface area contributed by atoms with Crippen LogP contribution in [0.5, 0.6) is 0 Å². The molecular weight excluding hydrogens is 438 g/mol. The monoisotopic (exact) mass is 461 g/mol. The molecule has 0 radical (unpaired) electrons. The third kappa shape index (κ3) is 4.39. The summed E-state index contributed by atoms with van der Waals surface area (Å²) in [6, 6.07) is 12.8. The average Bonchev–Trinajstić information content (AvgIpc) is 3.15.